The average molecular weight is 490 g/mol. The van der Waals surface area contributed by atoms with Crippen LogP contribution < -0.4 is 20.9 Å². The standard InChI is InChI=1S/C16H13ClIN3O3S/c1-24-13-7-6-9(8-12(13)18)14(22)19-16(25)21-20-15(23)10-4-2-3-5-11(10)17/h2-8H,1H3,(H,20,23)(H2,19,21,22,25). The summed E-state index contributed by atoms with van der Waals surface area (Å²) < 4.78 is 5.93. The van der Waals surface area contributed by atoms with Gasteiger partial charge in [-0.2, -0.15) is 0 Å². The summed E-state index contributed by atoms with van der Waals surface area (Å²) in [4.78, 5) is 24.2. The smallest absolute Gasteiger partial charge is 0.271 e. The molecule has 25 heavy (non-hydrogen) atoms. The van der Waals surface area contributed by atoms with Crippen molar-refractivity contribution in [3.8, 4) is 5.75 Å². The molecule has 3 N–H and O–H groups in total. The van der Waals surface area contributed by atoms with E-state index in [1.54, 1.807) is 49.6 Å². The number of hydrazine groups is 1. The maximum absolute atomic E-state index is 12.2. The lowest BCUT2D eigenvalue weighted by Gasteiger charge is -2.12. The summed E-state index contributed by atoms with van der Waals surface area (Å²) in [5.41, 5.74) is 5.53. The van der Waals surface area contributed by atoms with E-state index < -0.39 is 11.8 Å². The molecule has 2 rings (SSSR count). The predicted octanol–water partition coefficient (Wildman–Crippen LogP) is 2.90. The highest BCUT2D eigenvalue weighted by Crippen LogP contribution is 2.21. The maximum atomic E-state index is 12.2. The fourth-order valence-corrected chi connectivity index (χ4v) is 2.94. The quantitative estimate of drug-likeness (QED) is 0.351. The van der Waals surface area contributed by atoms with Gasteiger partial charge in [-0.15, -0.1) is 0 Å². The molecule has 0 spiro atoms. The van der Waals surface area contributed by atoms with Crippen molar-refractivity contribution < 1.29 is 14.3 Å². The van der Waals surface area contributed by atoms with Gasteiger partial charge in [-0.25, -0.2) is 0 Å². The minimum atomic E-state index is -0.471. The molecule has 0 bridgehead atoms. The second kappa shape index (κ2) is 8.97. The summed E-state index contributed by atoms with van der Waals surface area (Å²) in [6.45, 7) is 0. The Labute approximate surface area is 168 Å². The number of methoxy groups -OCH3 is 1. The molecule has 0 aliphatic carbocycles. The summed E-state index contributed by atoms with van der Waals surface area (Å²) in [5, 5.41) is 2.74. The molecule has 2 aromatic rings. The SMILES string of the molecule is COc1ccc(C(=O)NC(=S)NNC(=O)c2ccccc2Cl)cc1I. The molecular weight excluding hydrogens is 477 g/mol. The minimum Gasteiger partial charge on any atom is -0.496 e. The van der Waals surface area contributed by atoms with E-state index in [9.17, 15) is 9.59 Å². The molecular formula is C16H13ClIN3O3S. The third-order valence-corrected chi connectivity index (χ3v) is 4.43. The summed E-state index contributed by atoms with van der Waals surface area (Å²) >= 11 is 13.0. The number of hydrogen-bond acceptors (Lipinski definition) is 4. The molecule has 0 aliphatic rings. The highest BCUT2D eigenvalue weighted by Gasteiger charge is 2.12. The fraction of sp³-hybridized carbons (Fsp3) is 0.0625. The van der Waals surface area contributed by atoms with Crippen LogP contribution >= 0.6 is 46.4 Å². The molecule has 0 atom stereocenters. The monoisotopic (exact) mass is 489 g/mol. The molecule has 0 heterocycles. The van der Waals surface area contributed by atoms with Crippen LogP contribution in [0.3, 0.4) is 0 Å². The molecule has 9 heteroatoms. The third-order valence-electron chi connectivity index (χ3n) is 3.05. The first-order chi connectivity index (χ1) is 11.9. The van der Waals surface area contributed by atoms with Crippen LogP contribution in [0.5, 0.6) is 5.75 Å². The van der Waals surface area contributed by atoms with Crippen molar-refractivity contribution >= 4 is 63.3 Å². The average Bonchev–Trinajstić information content (AvgIpc) is 2.60. The minimum absolute atomic E-state index is 0.0452. The number of hydrogen-bond donors (Lipinski definition) is 3. The first kappa shape index (κ1) is 19.4. The maximum Gasteiger partial charge on any atom is 0.271 e. The van der Waals surface area contributed by atoms with Gasteiger partial charge in [-0.3, -0.25) is 25.8 Å². The van der Waals surface area contributed by atoms with E-state index in [-0.39, 0.29) is 10.7 Å². The lowest BCUT2D eigenvalue weighted by molar-refractivity contribution is 0.0934. The van der Waals surface area contributed by atoms with E-state index in [0.717, 1.165) is 3.57 Å². The van der Waals surface area contributed by atoms with E-state index in [2.05, 4.69) is 38.8 Å². The Morgan fingerprint density at radius 1 is 1.12 bits per heavy atom. The van der Waals surface area contributed by atoms with E-state index in [1.807, 2.05) is 0 Å². The van der Waals surface area contributed by atoms with Crippen molar-refractivity contribution in [3.05, 3.63) is 62.2 Å². The molecule has 130 valence electrons. The van der Waals surface area contributed by atoms with Gasteiger partial charge >= 0.3 is 0 Å². The number of ether oxygens (including phenoxy) is 1. The third kappa shape index (κ3) is 5.28. The Balaban J connectivity index is 1.92. The zero-order chi connectivity index (χ0) is 18.4. The van der Waals surface area contributed by atoms with E-state index in [1.165, 1.54) is 0 Å². The van der Waals surface area contributed by atoms with Gasteiger partial charge < -0.3 is 4.74 Å². The topological polar surface area (TPSA) is 79.5 Å². The zero-order valence-electron chi connectivity index (χ0n) is 12.9. The molecule has 0 saturated carbocycles. The zero-order valence-corrected chi connectivity index (χ0v) is 16.7. The summed E-state index contributed by atoms with van der Waals surface area (Å²) in [6, 6.07) is 11.5. The van der Waals surface area contributed by atoms with Gasteiger partial charge in [0.2, 0.25) is 0 Å². The summed E-state index contributed by atoms with van der Waals surface area (Å²) in [7, 11) is 1.55. The number of benzene rings is 2. The van der Waals surface area contributed by atoms with E-state index in [4.69, 9.17) is 28.6 Å². The van der Waals surface area contributed by atoms with Gasteiger partial charge in [0.15, 0.2) is 5.11 Å². The fourth-order valence-electron chi connectivity index (χ4n) is 1.84. The lowest BCUT2D eigenvalue weighted by Crippen LogP contribution is -2.48. The Kier molecular flexibility index (Phi) is 6.97. The summed E-state index contributed by atoms with van der Waals surface area (Å²) in [6.07, 6.45) is 0. The molecule has 6 nitrogen and oxygen atoms in total. The normalized spacial score (nSPS) is 9.88. The molecule has 0 fully saturated rings. The number of carbonyl (C=O) groups is 2. The van der Waals surface area contributed by atoms with Crippen LogP contribution in [0.4, 0.5) is 0 Å². The number of halogens is 2. The van der Waals surface area contributed by atoms with Crippen molar-refractivity contribution in [2.24, 2.45) is 0 Å². The van der Waals surface area contributed by atoms with Crippen LogP contribution in [-0.2, 0) is 0 Å². The van der Waals surface area contributed by atoms with Crippen molar-refractivity contribution in [3.63, 3.8) is 0 Å². The molecule has 0 saturated heterocycles. The van der Waals surface area contributed by atoms with Crippen molar-refractivity contribution in [2.45, 2.75) is 0 Å². The van der Waals surface area contributed by atoms with Crippen LogP contribution in [-0.4, -0.2) is 24.0 Å². The molecule has 0 aromatic heterocycles. The largest absolute Gasteiger partial charge is 0.496 e. The van der Waals surface area contributed by atoms with Gasteiger partial charge in [-0.1, -0.05) is 23.7 Å². The van der Waals surface area contributed by atoms with Crippen molar-refractivity contribution in [2.75, 3.05) is 7.11 Å². The van der Waals surface area contributed by atoms with Gasteiger partial charge in [-0.05, 0) is 65.1 Å². The number of carbonyl (C=O) groups excluding carboxylic acids is 2. The highest BCUT2D eigenvalue weighted by molar-refractivity contribution is 14.1. The van der Waals surface area contributed by atoms with E-state index in [0.29, 0.717) is 16.3 Å². The number of thiocarbonyl (C=S) groups is 1. The lowest BCUT2D eigenvalue weighted by atomic mass is 10.2. The summed E-state index contributed by atoms with van der Waals surface area (Å²) in [5.74, 6) is -0.212. The first-order valence-corrected chi connectivity index (χ1v) is 8.78. The van der Waals surface area contributed by atoms with Crippen LogP contribution in [0.2, 0.25) is 5.02 Å². The Bertz CT molecular complexity index is 832. The molecule has 0 radical (unpaired) electrons. The number of amides is 2. The van der Waals surface area contributed by atoms with Gasteiger partial charge in [0.25, 0.3) is 11.8 Å². The van der Waals surface area contributed by atoms with Crippen LogP contribution in [0.25, 0.3) is 0 Å². The van der Waals surface area contributed by atoms with Gasteiger partial charge in [0, 0.05) is 5.56 Å². The first-order valence-electron chi connectivity index (χ1n) is 6.92. The highest BCUT2D eigenvalue weighted by atomic mass is 127. The molecule has 2 aromatic carbocycles. The molecule has 2 amide bonds. The predicted molar refractivity (Wildman–Crippen MR) is 108 cm³/mol. The Morgan fingerprint density at radius 3 is 2.48 bits per heavy atom. The van der Waals surface area contributed by atoms with Gasteiger partial charge in [0.05, 0.1) is 21.3 Å². The second-order valence-corrected chi connectivity index (χ2v) is 6.67. The van der Waals surface area contributed by atoms with Crippen molar-refractivity contribution in [1.82, 2.24) is 16.2 Å². The Hall–Kier alpha value is -1.91. The van der Waals surface area contributed by atoms with Gasteiger partial charge in [0.1, 0.15) is 5.75 Å². The number of nitrogens with one attached hydrogen (secondary N) is 3. The second-order valence-electron chi connectivity index (χ2n) is 4.69. The molecule has 0 aliphatic heterocycles. The van der Waals surface area contributed by atoms with E-state index >= 15 is 0 Å². The molecule has 0 unspecified atom stereocenters. The van der Waals surface area contributed by atoms with Crippen LogP contribution in [0.15, 0.2) is 42.5 Å². The number of rotatable bonds is 3. The van der Waals surface area contributed by atoms with Crippen LogP contribution in [0.1, 0.15) is 20.7 Å². The van der Waals surface area contributed by atoms with Crippen LogP contribution in [0, 0.1) is 3.57 Å². The van der Waals surface area contributed by atoms with Crippen molar-refractivity contribution in [1.29, 1.82) is 0 Å². The Morgan fingerprint density at radius 2 is 1.84 bits per heavy atom.